The van der Waals surface area contributed by atoms with Crippen molar-refractivity contribution in [2.75, 3.05) is 24.6 Å². The van der Waals surface area contributed by atoms with E-state index in [-0.39, 0.29) is 17.5 Å². The minimum Gasteiger partial charge on any atom is -0.508 e. The molecule has 0 aliphatic carbocycles. The number of benzene rings is 2. The third-order valence-electron chi connectivity index (χ3n) is 4.94. The van der Waals surface area contributed by atoms with Crippen LogP contribution in [0.1, 0.15) is 72.7 Å². The second-order valence-electron chi connectivity index (χ2n) is 6.98. The molecule has 2 aromatic rings. The zero-order valence-corrected chi connectivity index (χ0v) is 17.6. The van der Waals surface area contributed by atoms with Gasteiger partial charge in [0.05, 0.1) is 17.9 Å². The summed E-state index contributed by atoms with van der Waals surface area (Å²) in [5.74, 6) is -0.388. The molecule has 0 aliphatic rings. The quantitative estimate of drug-likeness (QED) is 0.320. The van der Waals surface area contributed by atoms with Gasteiger partial charge in [0, 0.05) is 30.3 Å². The van der Waals surface area contributed by atoms with Crippen LogP contribution < -0.4 is 4.90 Å². The van der Waals surface area contributed by atoms with Crippen LogP contribution in [0.3, 0.4) is 0 Å². The van der Waals surface area contributed by atoms with Crippen molar-refractivity contribution in [3.05, 3.63) is 59.2 Å². The molecular weight excluding hydrogens is 366 g/mol. The first-order valence-corrected chi connectivity index (χ1v) is 10.4. The number of aromatic hydroxyl groups is 1. The third kappa shape index (κ3) is 6.08. The standard InChI is InChI=1S/C24H31NO4/c1-4-7-8-9-16-29-24(28)19-12-10-18(11-13-19)23(27)21-15-14-20(26)17-22(21)25(5-2)6-3/h10-15,17,26H,4-9,16H2,1-3H3. The first kappa shape index (κ1) is 22.5. The lowest BCUT2D eigenvalue weighted by Crippen LogP contribution is -2.24. The number of hydrogen-bond acceptors (Lipinski definition) is 5. The Morgan fingerprint density at radius 1 is 0.897 bits per heavy atom. The summed E-state index contributed by atoms with van der Waals surface area (Å²) in [6.07, 6.45) is 4.20. The number of anilines is 1. The van der Waals surface area contributed by atoms with Crippen molar-refractivity contribution in [1.29, 1.82) is 0 Å². The highest BCUT2D eigenvalue weighted by molar-refractivity contribution is 6.12. The molecule has 0 saturated carbocycles. The van der Waals surface area contributed by atoms with Crippen molar-refractivity contribution in [2.45, 2.75) is 46.5 Å². The number of carbonyl (C=O) groups excluding carboxylic acids is 2. The second-order valence-corrected chi connectivity index (χ2v) is 6.98. The number of unbranched alkanes of at least 4 members (excludes halogenated alkanes) is 3. The Kier molecular flexibility index (Phi) is 8.71. The zero-order chi connectivity index (χ0) is 21.2. The van der Waals surface area contributed by atoms with Crippen LogP contribution in [-0.2, 0) is 4.74 Å². The SMILES string of the molecule is CCCCCCOC(=O)c1ccc(C(=O)c2ccc(O)cc2N(CC)CC)cc1. The molecule has 0 amide bonds. The summed E-state index contributed by atoms with van der Waals surface area (Å²) in [6.45, 7) is 8.01. The Morgan fingerprint density at radius 2 is 1.55 bits per heavy atom. The molecule has 0 bridgehead atoms. The van der Waals surface area contributed by atoms with E-state index in [2.05, 4.69) is 6.92 Å². The Morgan fingerprint density at radius 3 is 2.17 bits per heavy atom. The van der Waals surface area contributed by atoms with Gasteiger partial charge in [0.2, 0.25) is 0 Å². The van der Waals surface area contributed by atoms with E-state index < -0.39 is 0 Å². The lowest BCUT2D eigenvalue weighted by Gasteiger charge is -2.24. The predicted octanol–water partition coefficient (Wildman–Crippen LogP) is 5.21. The molecule has 2 rings (SSSR count). The number of rotatable bonds is 11. The molecule has 0 unspecified atom stereocenters. The van der Waals surface area contributed by atoms with Crippen molar-refractivity contribution in [1.82, 2.24) is 0 Å². The summed E-state index contributed by atoms with van der Waals surface area (Å²) in [5.41, 5.74) is 2.16. The van der Waals surface area contributed by atoms with Crippen molar-refractivity contribution in [2.24, 2.45) is 0 Å². The van der Waals surface area contributed by atoms with Gasteiger partial charge < -0.3 is 14.7 Å². The Labute approximate surface area is 173 Å². The maximum atomic E-state index is 13.0. The van der Waals surface area contributed by atoms with Crippen LogP contribution in [0.15, 0.2) is 42.5 Å². The highest BCUT2D eigenvalue weighted by Crippen LogP contribution is 2.28. The number of nitrogens with zero attached hydrogens (tertiary/aromatic N) is 1. The van der Waals surface area contributed by atoms with Crippen molar-refractivity contribution in [3.63, 3.8) is 0 Å². The molecule has 0 saturated heterocycles. The summed E-state index contributed by atoms with van der Waals surface area (Å²) >= 11 is 0. The number of ether oxygens (including phenoxy) is 1. The van der Waals surface area contributed by atoms with Crippen molar-refractivity contribution in [3.8, 4) is 5.75 Å². The molecule has 29 heavy (non-hydrogen) atoms. The van der Waals surface area contributed by atoms with Gasteiger partial charge in [0.15, 0.2) is 5.78 Å². The Hall–Kier alpha value is -2.82. The summed E-state index contributed by atoms with van der Waals surface area (Å²) in [5, 5.41) is 9.86. The molecule has 2 aromatic carbocycles. The van der Waals surface area contributed by atoms with Crippen molar-refractivity contribution >= 4 is 17.4 Å². The molecule has 5 heteroatoms. The molecular formula is C24H31NO4. The van der Waals surface area contributed by atoms with Gasteiger partial charge in [-0.2, -0.15) is 0 Å². The molecule has 1 N–H and O–H groups in total. The zero-order valence-electron chi connectivity index (χ0n) is 17.6. The molecule has 156 valence electrons. The lowest BCUT2D eigenvalue weighted by molar-refractivity contribution is 0.0497. The van der Waals surface area contributed by atoms with Gasteiger partial charge in [-0.1, -0.05) is 38.3 Å². The minimum atomic E-state index is -0.367. The highest BCUT2D eigenvalue weighted by Gasteiger charge is 2.18. The number of phenolic OH excluding ortho intramolecular Hbond substituents is 1. The molecule has 5 nitrogen and oxygen atoms in total. The van der Waals surface area contributed by atoms with Crippen LogP contribution in [0.5, 0.6) is 5.75 Å². The van der Waals surface area contributed by atoms with Gasteiger partial charge in [-0.25, -0.2) is 4.79 Å². The van der Waals surface area contributed by atoms with Crippen LogP contribution in [-0.4, -0.2) is 36.6 Å². The van der Waals surface area contributed by atoms with Gasteiger partial charge in [0.1, 0.15) is 5.75 Å². The monoisotopic (exact) mass is 397 g/mol. The average molecular weight is 398 g/mol. The van der Waals surface area contributed by atoms with E-state index in [0.29, 0.717) is 29.0 Å². The van der Waals surface area contributed by atoms with Crippen LogP contribution in [0.2, 0.25) is 0 Å². The van der Waals surface area contributed by atoms with Gasteiger partial charge in [0.25, 0.3) is 0 Å². The van der Waals surface area contributed by atoms with Crippen LogP contribution in [0.4, 0.5) is 5.69 Å². The van der Waals surface area contributed by atoms with E-state index in [4.69, 9.17) is 4.74 Å². The lowest BCUT2D eigenvalue weighted by atomic mass is 9.99. The summed E-state index contributed by atoms with van der Waals surface area (Å²) in [7, 11) is 0. The van der Waals surface area contributed by atoms with Crippen LogP contribution in [0.25, 0.3) is 0 Å². The average Bonchev–Trinajstić information content (AvgIpc) is 2.74. The first-order chi connectivity index (χ1) is 14.0. The number of carbonyl (C=O) groups is 2. The van der Waals surface area contributed by atoms with Gasteiger partial charge >= 0.3 is 5.97 Å². The Balaban J connectivity index is 2.12. The highest BCUT2D eigenvalue weighted by atomic mass is 16.5. The molecule has 0 aromatic heterocycles. The normalized spacial score (nSPS) is 10.6. The molecule has 0 radical (unpaired) electrons. The van der Waals surface area contributed by atoms with Crippen molar-refractivity contribution < 1.29 is 19.4 Å². The van der Waals surface area contributed by atoms with Crippen LogP contribution in [0, 0.1) is 0 Å². The number of hydrogen-bond donors (Lipinski definition) is 1. The largest absolute Gasteiger partial charge is 0.508 e. The van der Waals surface area contributed by atoms with E-state index in [1.165, 1.54) is 6.07 Å². The number of phenols is 1. The fourth-order valence-corrected chi connectivity index (χ4v) is 3.23. The summed E-state index contributed by atoms with van der Waals surface area (Å²) < 4.78 is 5.29. The van der Waals surface area contributed by atoms with E-state index in [1.807, 2.05) is 18.7 Å². The minimum absolute atomic E-state index is 0.125. The van der Waals surface area contributed by atoms with Gasteiger partial charge in [-0.05, 0) is 44.5 Å². The van der Waals surface area contributed by atoms with E-state index in [1.54, 1.807) is 36.4 Å². The molecule has 0 spiro atoms. The molecule has 0 heterocycles. The molecule has 0 atom stereocenters. The predicted molar refractivity (Wildman–Crippen MR) is 116 cm³/mol. The van der Waals surface area contributed by atoms with E-state index in [0.717, 1.165) is 38.8 Å². The maximum Gasteiger partial charge on any atom is 0.338 e. The van der Waals surface area contributed by atoms with Gasteiger partial charge in [-0.3, -0.25) is 4.79 Å². The van der Waals surface area contributed by atoms with Gasteiger partial charge in [-0.15, -0.1) is 0 Å². The fourth-order valence-electron chi connectivity index (χ4n) is 3.23. The summed E-state index contributed by atoms with van der Waals surface area (Å²) in [4.78, 5) is 27.2. The maximum absolute atomic E-state index is 13.0. The summed E-state index contributed by atoms with van der Waals surface area (Å²) in [6, 6.07) is 11.3. The molecule has 0 aliphatic heterocycles. The second kappa shape index (κ2) is 11.2. The number of esters is 1. The number of ketones is 1. The Bertz CT molecular complexity index is 810. The van der Waals surface area contributed by atoms with E-state index in [9.17, 15) is 14.7 Å². The third-order valence-corrected chi connectivity index (χ3v) is 4.94. The fraction of sp³-hybridized carbons (Fsp3) is 0.417. The van der Waals surface area contributed by atoms with Crippen LogP contribution >= 0.6 is 0 Å². The smallest absolute Gasteiger partial charge is 0.338 e. The first-order valence-electron chi connectivity index (χ1n) is 10.4. The molecule has 0 fully saturated rings. The topological polar surface area (TPSA) is 66.8 Å². The van der Waals surface area contributed by atoms with E-state index >= 15 is 0 Å².